The molecular formula is C19H19N7O. The topological polar surface area (TPSA) is 90.0 Å². The fourth-order valence-electron chi connectivity index (χ4n) is 2.88. The number of aryl methyl sites for hydroxylation is 2. The molecule has 136 valence electrons. The first-order valence-electron chi connectivity index (χ1n) is 8.75. The number of nitrogens with one attached hydrogen (secondary N) is 1. The lowest BCUT2D eigenvalue weighted by Crippen LogP contribution is -2.27. The van der Waals surface area contributed by atoms with E-state index in [4.69, 9.17) is 0 Å². The van der Waals surface area contributed by atoms with Crippen molar-refractivity contribution < 1.29 is 4.79 Å². The van der Waals surface area contributed by atoms with Crippen LogP contribution < -0.4 is 5.32 Å². The number of carbonyl (C=O) groups is 1. The van der Waals surface area contributed by atoms with E-state index in [0.717, 1.165) is 24.2 Å². The molecule has 0 spiro atoms. The van der Waals surface area contributed by atoms with Crippen LogP contribution in [0.2, 0.25) is 0 Å². The SMILES string of the molecule is Cc1ccnn1CCCNC(=O)c1cc(-c2ccccc2)nc2ncnn12. The lowest BCUT2D eigenvalue weighted by molar-refractivity contribution is 0.0945. The third-order valence-corrected chi connectivity index (χ3v) is 4.32. The lowest BCUT2D eigenvalue weighted by Gasteiger charge is -2.09. The summed E-state index contributed by atoms with van der Waals surface area (Å²) in [6.45, 7) is 3.30. The summed E-state index contributed by atoms with van der Waals surface area (Å²) < 4.78 is 3.38. The highest BCUT2D eigenvalue weighted by atomic mass is 16.2. The minimum atomic E-state index is -0.206. The molecule has 1 N–H and O–H groups in total. The molecule has 0 atom stereocenters. The first-order valence-corrected chi connectivity index (χ1v) is 8.75. The Morgan fingerprint density at radius 3 is 2.78 bits per heavy atom. The van der Waals surface area contributed by atoms with Crippen molar-refractivity contribution in [2.24, 2.45) is 0 Å². The Hall–Kier alpha value is -3.55. The van der Waals surface area contributed by atoms with E-state index in [0.29, 0.717) is 23.7 Å². The van der Waals surface area contributed by atoms with Gasteiger partial charge in [0.15, 0.2) is 0 Å². The number of nitrogens with zero attached hydrogens (tertiary/aromatic N) is 6. The van der Waals surface area contributed by atoms with E-state index in [9.17, 15) is 4.79 Å². The van der Waals surface area contributed by atoms with E-state index in [1.807, 2.05) is 48.0 Å². The highest BCUT2D eigenvalue weighted by Crippen LogP contribution is 2.18. The Kier molecular flexibility index (Phi) is 4.61. The van der Waals surface area contributed by atoms with Gasteiger partial charge in [-0.2, -0.15) is 19.7 Å². The van der Waals surface area contributed by atoms with Gasteiger partial charge in [0.2, 0.25) is 0 Å². The number of hydrogen-bond acceptors (Lipinski definition) is 5. The van der Waals surface area contributed by atoms with Crippen molar-refractivity contribution in [1.82, 2.24) is 34.7 Å². The number of benzene rings is 1. The van der Waals surface area contributed by atoms with Gasteiger partial charge in [-0.05, 0) is 25.5 Å². The molecule has 3 heterocycles. The Bertz CT molecular complexity index is 1070. The quantitative estimate of drug-likeness (QED) is 0.531. The van der Waals surface area contributed by atoms with E-state index in [1.54, 1.807) is 12.3 Å². The van der Waals surface area contributed by atoms with Gasteiger partial charge in [-0.25, -0.2) is 4.98 Å². The van der Waals surface area contributed by atoms with Crippen LogP contribution in [0.5, 0.6) is 0 Å². The molecular weight excluding hydrogens is 342 g/mol. The number of aromatic nitrogens is 6. The van der Waals surface area contributed by atoms with Crippen LogP contribution in [0.3, 0.4) is 0 Å². The summed E-state index contributed by atoms with van der Waals surface area (Å²) in [5.41, 5.74) is 3.12. The summed E-state index contributed by atoms with van der Waals surface area (Å²) in [7, 11) is 0. The van der Waals surface area contributed by atoms with Crippen LogP contribution in [0.1, 0.15) is 22.6 Å². The predicted molar refractivity (Wildman–Crippen MR) is 100 cm³/mol. The second kappa shape index (κ2) is 7.36. The van der Waals surface area contributed by atoms with Crippen molar-refractivity contribution in [1.29, 1.82) is 0 Å². The number of rotatable bonds is 6. The third-order valence-electron chi connectivity index (χ3n) is 4.32. The third kappa shape index (κ3) is 3.55. The van der Waals surface area contributed by atoms with Crippen LogP contribution in [-0.4, -0.2) is 41.8 Å². The van der Waals surface area contributed by atoms with Crippen LogP contribution in [0.15, 0.2) is 55.0 Å². The molecule has 4 aromatic rings. The van der Waals surface area contributed by atoms with Crippen molar-refractivity contribution in [3.8, 4) is 11.3 Å². The summed E-state index contributed by atoms with van der Waals surface area (Å²) in [6.07, 6.45) is 3.96. The fraction of sp³-hybridized carbons (Fsp3) is 0.211. The molecule has 27 heavy (non-hydrogen) atoms. The number of amides is 1. The normalized spacial score (nSPS) is 11.0. The average Bonchev–Trinajstić information content (AvgIpc) is 3.33. The summed E-state index contributed by atoms with van der Waals surface area (Å²) in [6, 6.07) is 13.4. The molecule has 0 saturated carbocycles. The Morgan fingerprint density at radius 2 is 2.00 bits per heavy atom. The predicted octanol–water partition coefficient (Wildman–Crippen LogP) is 2.12. The van der Waals surface area contributed by atoms with E-state index in [-0.39, 0.29) is 5.91 Å². The summed E-state index contributed by atoms with van der Waals surface area (Å²) >= 11 is 0. The van der Waals surface area contributed by atoms with Gasteiger partial charge >= 0.3 is 0 Å². The maximum Gasteiger partial charge on any atom is 0.270 e. The molecule has 3 aromatic heterocycles. The molecule has 1 amide bonds. The molecule has 0 aliphatic rings. The zero-order valence-corrected chi connectivity index (χ0v) is 14.9. The highest BCUT2D eigenvalue weighted by Gasteiger charge is 2.15. The largest absolute Gasteiger partial charge is 0.351 e. The summed E-state index contributed by atoms with van der Waals surface area (Å²) in [5.74, 6) is 0.191. The van der Waals surface area contributed by atoms with Gasteiger partial charge in [-0.1, -0.05) is 30.3 Å². The van der Waals surface area contributed by atoms with Gasteiger partial charge in [0.1, 0.15) is 12.0 Å². The van der Waals surface area contributed by atoms with Gasteiger partial charge in [0, 0.05) is 30.5 Å². The molecule has 8 heteroatoms. The first kappa shape index (κ1) is 16.9. The second-order valence-electron chi connectivity index (χ2n) is 6.17. The lowest BCUT2D eigenvalue weighted by atomic mass is 10.1. The molecule has 0 radical (unpaired) electrons. The Labute approximate surface area is 155 Å². The molecule has 4 rings (SSSR count). The molecule has 0 aliphatic carbocycles. The van der Waals surface area contributed by atoms with Crippen LogP contribution in [0, 0.1) is 6.92 Å². The second-order valence-corrected chi connectivity index (χ2v) is 6.17. The number of carbonyl (C=O) groups excluding carboxylic acids is 1. The van der Waals surface area contributed by atoms with Crippen LogP contribution in [-0.2, 0) is 6.54 Å². The fourth-order valence-corrected chi connectivity index (χ4v) is 2.88. The van der Waals surface area contributed by atoms with Gasteiger partial charge in [-0.15, -0.1) is 0 Å². The van der Waals surface area contributed by atoms with E-state index >= 15 is 0 Å². The van der Waals surface area contributed by atoms with E-state index in [1.165, 1.54) is 10.8 Å². The monoisotopic (exact) mass is 361 g/mol. The zero-order chi connectivity index (χ0) is 18.6. The number of hydrogen-bond donors (Lipinski definition) is 1. The maximum absolute atomic E-state index is 12.7. The van der Waals surface area contributed by atoms with Crippen molar-refractivity contribution in [3.05, 3.63) is 66.4 Å². The molecule has 0 fully saturated rings. The van der Waals surface area contributed by atoms with Gasteiger partial charge in [0.05, 0.1) is 5.69 Å². The maximum atomic E-state index is 12.7. The van der Waals surface area contributed by atoms with Gasteiger partial charge in [-0.3, -0.25) is 9.48 Å². The first-order chi connectivity index (χ1) is 13.2. The Balaban J connectivity index is 1.51. The minimum absolute atomic E-state index is 0.206. The smallest absolute Gasteiger partial charge is 0.270 e. The molecule has 8 nitrogen and oxygen atoms in total. The van der Waals surface area contributed by atoms with Crippen LogP contribution in [0.25, 0.3) is 17.0 Å². The minimum Gasteiger partial charge on any atom is -0.351 e. The zero-order valence-electron chi connectivity index (χ0n) is 14.9. The van der Waals surface area contributed by atoms with Crippen LogP contribution in [0.4, 0.5) is 0 Å². The standard InChI is InChI=1S/C19H19N7O/c1-14-8-10-22-25(14)11-5-9-20-18(27)17-12-16(15-6-3-2-4-7-15)24-19-21-13-23-26(17)19/h2-4,6-8,10,12-13H,5,9,11H2,1H3,(H,20,27). The van der Waals surface area contributed by atoms with Gasteiger partial charge < -0.3 is 5.32 Å². The highest BCUT2D eigenvalue weighted by molar-refractivity contribution is 5.94. The molecule has 1 aromatic carbocycles. The molecule has 0 saturated heterocycles. The average molecular weight is 361 g/mol. The van der Waals surface area contributed by atoms with Gasteiger partial charge in [0.25, 0.3) is 11.7 Å². The van der Waals surface area contributed by atoms with E-state index in [2.05, 4.69) is 25.5 Å². The molecule has 0 bridgehead atoms. The number of fused-ring (bicyclic) bond motifs is 1. The Morgan fingerprint density at radius 1 is 1.15 bits per heavy atom. The summed E-state index contributed by atoms with van der Waals surface area (Å²) in [5, 5.41) is 11.3. The van der Waals surface area contributed by atoms with Crippen molar-refractivity contribution in [2.75, 3.05) is 6.54 Å². The van der Waals surface area contributed by atoms with E-state index < -0.39 is 0 Å². The molecule has 0 unspecified atom stereocenters. The summed E-state index contributed by atoms with van der Waals surface area (Å²) in [4.78, 5) is 21.3. The molecule has 0 aliphatic heterocycles. The van der Waals surface area contributed by atoms with Crippen molar-refractivity contribution in [2.45, 2.75) is 19.9 Å². The van der Waals surface area contributed by atoms with Crippen molar-refractivity contribution in [3.63, 3.8) is 0 Å². The van der Waals surface area contributed by atoms with Crippen molar-refractivity contribution >= 4 is 11.7 Å². The van der Waals surface area contributed by atoms with Crippen LogP contribution >= 0.6 is 0 Å².